The lowest BCUT2D eigenvalue weighted by atomic mass is 9.70. The van der Waals surface area contributed by atoms with Crippen molar-refractivity contribution in [1.82, 2.24) is 9.97 Å². The van der Waals surface area contributed by atoms with Gasteiger partial charge in [0.15, 0.2) is 5.82 Å². The molecule has 2 aliphatic carbocycles. The molecule has 12 rings (SSSR count). The average Bonchev–Trinajstić information content (AvgIpc) is 3.91. The maximum atomic E-state index is 6.47. The SMILES string of the molecule is c1ccc(-c2cc(-c3cccc(-c4ccc5c(c4)C4(c6ccccc6-c6ccccc64)c4ccccc4-5)c3)nc(-c3cccc4c3oc3ccccc34)n2)cc1. The molecule has 3 heteroatoms. The maximum absolute atomic E-state index is 6.47. The van der Waals surface area contributed by atoms with Gasteiger partial charge < -0.3 is 4.42 Å². The number of rotatable bonds is 4. The lowest BCUT2D eigenvalue weighted by Crippen LogP contribution is -2.25. The van der Waals surface area contributed by atoms with E-state index in [9.17, 15) is 0 Å². The Morgan fingerprint density at radius 2 is 0.857 bits per heavy atom. The molecule has 0 bridgehead atoms. The van der Waals surface area contributed by atoms with Gasteiger partial charge in [-0.25, -0.2) is 9.97 Å². The molecule has 2 aromatic heterocycles. The molecule has 0 radical (unpaired) electrons. The van der Waals surface area contributed by atoms with Crippen molar-refractivity contribution in [1.29, 1.82) is 0 Å². The van der Waals surface area contributed by atoms with Crippen LogP contribution in [0.1, 0.15) is 22.3 Å². The Bertz CT molecular complexity index is 3150. The quantitative estimate of drug-likeness (QED) is 0.182. The van der Waals surface area contributed by atoms with Gasteiger partial charge in [0, 0.05) is 21.9 Å². The summed E-state index contributed by atoms with van der Waals surface area (Å²) in [6, 6.07) is 69.6. The zero-order valence-corrected chi connectivity index (χ0v) is 30.3. The maximum Gasteiger partial charge on any atom is 0.164 e. The molecule has 0 saturated heterocycles. The van der Waals surface area contributed by atoms with Gasteiger partial charge in [0.1, 0.15) is 11.2 Å². The molecule has 260 valence electrons. The molecule has 8 aromatic carbocycles. The highest BCUT2D eigenvalue weighted by atomic mass is 16.3. The standard InChI is InChI=1S/C53H32N2O/c1-2-14-33(15-3-1)48-32-49(55-52(54-48)43-23-13-22-42-41-21-7-11-27-50(41)56-51(42)43)36-17-12-16-34(30-36)35-28-29-40-39-20-6-10-26-46(39)53(47(40)31-35)44-24-8-4-18-37(44)38-19-5-9-25-45(38)53/h1-32H. The van der Waals surface area contributed by atoms with Crippen LogP contribution in [0.2, 0.25) is 0 Å². The van der Waals surface area contributed by atoms with Crippen molar-refractivity contribution in [2.24, 2.45) is 0 Å². The summed E-state index contributed by atoms with van der Waals surface area (Å²) >= 11 is 0. The average molecular weight is 713 g/mol. The molecule has 0 aliphatic heterocycles. The van der Waals surface area contributed by atoms with E-state index in [-0.39, 0.29) is 0 Å². The van der Waals surface area contributed by atoms with Gasteiger partial charge in [-0.2, -0.15) is 0 Å². The van der Waals surface area contributed by atoms with Crippen molar-refractivity contribution in [3.8, 4) is 67.3 Å². The zero-order chi connectivity index (χ0) is 36.8. The minimum absolute atomic E-state index is 0.392. The zero-order valence-electron chi connectivity index (χ0n) is 30.3. The highest BCUT2D eigenvalue weighted by Gasteiger charge is 2.51. The third-order valence-electron chi connectivity index (χ3n) is 11.9. The Morgan fingerprint density at radius 3 is 1.59 bits per heavy atom. The minimum Gasteiger partial charge on any atom is -0.455 e. The summed E-state index contributed by atoms with van der Waals surface area (Å²) in [5.74, 6) is 0.632. The molecule has 0 saturated carbocycles. The van der Waals surface area contributed by atoms with Gasteiger partial charge in [-0.1, -0.05) is 164 Å². The number of hydrogen-bond acceptors (Lipinski definition) is 3. The third kappa shape index (κ3) is 4.34. The minimum atomic E-state index is -0.392. The molecule has 0 N–H and O–H groups in total. The Kier molecular flexibility index (Phi) is 6.55. The van der Waals surface area contributed by atoms with Gasteiger partial charge >= 0.3 is 0 Å². The van der Waals surface area contributed by atoms with E-state index >= 15 is 0 Å². The van der Waals surface area contributed by atoms with E-state index in [2.05, 4.69) is 170 Å². The lowest BCUT2D eigenvalue weighted by Gasteiger charge is -2.30. The summed E-state index contributed by atoms with van der Waals surface area (Å²) in [6.45, 7) is 0. The lowest BCUT2D eigenvalue weighted by molar-refractivity contribution is 0.669. The van der Waals surface area contributed by atoms with Crippen LogP contribution >= 0.6 is 0 Å². The number of benzene rings is 8. The van der Waals surface area contributed by atoms with Gasteiger partial charge in [0.25, 0.3) is 0 Å². The molecule has 56 heavy (non-hydrogen) atoms. The Morgan fingerprint density at radius 1 is 0.339 bits per heavy atom. The fourth-order valence-corrected chi connectivity index (χ4v) is 9.53. The van der Waals surface area contributed by atoms with E-state index in [0.717, 1.165) is 55.6 Å². The molecule has 0 unspecified atom stereocenters. The molecule has 0 amide bonds. The van der Waals surface area contributed by atoms with Crippen LogP contribution in [-0.4, -0.2) is 9.97 Å². The van der Waals surface area contributed by atoms with Crippen LogP contribution in [-0.2, 0) is 5.41 Å². The predicted octanol–water partition coefficient (Wildman–Crippen LogP) is 13.4. The number of aromatic nitrogens is 2. The molecule has 2 heterocycles. The van der Waals surface area contributed by atoms with Crippen molar-refractivity contribution in [2.75, 3.05) is 0 Å². The summed E-state index contributed by atoms with van der Waals surface area (Å²) in [7, 11) is 0. The second-order valence-corrected chi connectivity index (χ2v) is 14.8. The molecule has 0 atom stereocenters. The summed E-state index contributed by atoms with van der Waals surface area (Å²) in [6.07, 6.45) is 0. The van der Waals surface area contributed by atoms with Crippen LogP contribution in [0.25, 0.3) is 89.2 Å². The van der Waals surface area contributed by atoms with E-state index in [1.165, 1.54) is 50.1 Å². The van der Waals surface area contributed by atoms with Crippen molar-refractivity contribution >= 4 is 21.9 Å². The Hall–Kier alpha value is -7.36. The van der Waals surface area contributed by atoms with Crippen LogP contribution in [0.4, 0.5) is 0 Å². The van der Waals surface area contributed by atoms with Crippen LogP contribution in [0, 0.1) is 0 Å². The third-order valence-corrected chi connectivity index (χ3v) is 11.9. The molecule has 10 aromatic rings. The number of hydrogen-bond donors (Lipinski definition) is 0. The number of fused-ring (bicyclic) bond motifs is 13. The van der Waals surface area contributed by atoms with E-state index < -0.39 is 5.41 Å². The first-order chi connectivity index (χ1) is 27.8. The second kappa shape index (κ2) is 11.8. The van der Waals surface area contributed by atoms with Crippen LogP contribution in [0.5, 0.6) is 0 Å². The first-order valence-corrected chi connectivity index (χ1v) is 19.2. The van der Waals surface area contributed by atoms with Gasteiger partial charge in [-0.05, 0) is 86.0 Å². The van der Waals surface area contributed by atoms with Crippen LogP contribution in [0.15, 0.2) is 199 Å². The Balaban J connectivity index is 1.04. The smallest absolute Gasteiger partial charge is 0.164 e. The molecule has 3 nitrogen and oxygen atoms in total. The summed E-state index contributed by atoms with van der Waals surface area (Å²) < 4.78 is 6.47. The van der Waals surface area contributed by atoms with E-state index in [4.69, 9.17) is 14.4 Å². The highest BCUT2D eigenvalue weighted by molar-refractivity contribution is 6.09. The predicted molar refractivity (Wildman–Crippen MR) is 227 cm³/mol. The molecule has 0 fully saturated rings. The first-order valence-electron chi connectivity index (χ1n) is 19.2. The molecular weight excluding hydrogens is 681 g/mol. The highest BCUT2D eigenvalue weighted by Crippen LogP contribution is 2.63. The molecule has 1 spiro atoms. The van der Waals surface area contributed by atoms with E-state index in [1.807, 2.05) is 24.3 Å². The van der Waals surface area contributed by atoms with Crippen molar-refractivity contribution < 1.29 is 4.42 Å². The van der Waals surface area contributed by atoms with Gasteiger partial charge in [-0.15, -0.1) is 0 Å². The normalized spacial score (nSPS) is 13.1. The summed E-state index contributed by atoms with van der Waals surface area (Å²) in [4.78, 5) is 10.4. The van der Waals surface area contributed by atoms with E-state index in [1.54, 1.807) is 0 Å². The van der Waals surface area contributed by atoms with Gasteiger partial charge in [0.2, 0.25) is 0 Å². The number of furan rings is 1. The topological polar surface area (TPSA) is 38.9 Å². The molecular formula is C53H32N2O. The summed E-state index contributed by atoms with van der Waals surface area (Å²) in [5, 5.41) is 2.14. The van der Waals surface area contributed by atoms with Crippen molar-refractivity contribution in [3.63, 3.8) is 0 Å². The number of nitrogens with zero attached hydrogens (tertiary/aromatic N) is 2. The molecule has 2 aliphatic rings. The van der Waals surface area contributed by atoms with Gasteiger partial charge in [0.05, 0.1) is 22.4 Å². The largest absolute Gasteiger partial charge is 0.455 e. The monoisotopic (exact) mass is 712 g/mol. The Labute approximate surface area is 324 Å². The van der Waals surface area contributed by atoms with E-state index in [0.29, 0.717) is 5.82 Å². The number of para-hydroxylation sites is 2. The van der Waals surface area contributed by atoms with Crippen LogP contribution in [0.3, 0.4) is 0 Å². The van der Waals surface area contributed by atoms with Gasteiger partial charge in [-0.3, -0.25) is 0 Å². The fraction of sp³-hybridized carbons (Fsp3) is 0.0189. The second-order valence-electron chi connectivity index (χ2n) is 14.8. The van der Waals surface area contributed by atoms with Crippen molar-refractivity contribution in [2.45, 2.75) is 5.41 Å². The first kappa shape index (κ1) is 31.0. The fourth-order valence-electron chi connectivity index (χ4n) is 9.53. The summed E-state index contributed by atoms with van der Waals surface area (Å²) in [5.41, 5.74) is 18.8. The van der Waals surface area contributed by atoms with Crippen molar-refractivity contribution in [3.05, 3.63) is 216 Å². The van der Waals surface area contributed by atoms with Crippen LogP contribution < -0.4 is 0 Å².